The molecule has 5 nitrogen and oxygen atoms in total. The highest BCUT2D eigenvalue weighted by molar-refractivity contribution is 6.30. The van der Waals surface area contributed by atoms with Gasteiger partial charge in [-0.1, -0.05) is 17.7 Å². The Labute approximate surface area is 136 Å². The first-order chi connectivity index (χ1) is 10.6. The van der Waals surface area contributed by atoms with Gasteiger partial charge in [0.2, 0.25) is 0 Å². The summed E-state index contributed by atoms with van der Waals surface area (Å²) < 4.78 is 9.91. The Kier molecular flexibility index (Phi) is 8.55. The normalized spacial score (nSPS) is 10.3. The maximum absolute atomic E-state index is 12.5. The number of carbonyl (C=O) groups excluding carboxylic acids is 2. The molecule has 0 unspecified atom stereocenters. The first kappa shape index (κ1) is 18.5. The van der Waals surface area contributed by atoms with Gasteiger partial charge >= 0.3 is 5.97 Å². The van der Waals surface area contributed by atoms with Gasteiger partial charge in [0.05, 0.1) is 13.5 Å². The van der Waals surface area contributed by atoms with Crippen molar-refractivity contribution in [3.63, 3.8) is 0 Å². The molecule has 6 heteroatoms. The van der Waals surface area contributed by atoms with Gasteiger partial charge in [0.15, 0.2) is 0 Å². The number of halogens is 1. The van der Waals surface area contributed by atoms with Gasteiger partial charge in [-0.25, -0.2) is 0 Å². The molecule has 0 spiro atoms. The first-order valence-electron chi connectivity index (χ1n) is 7.28. The summed E-state index contributed by atoms with van der Waals surface area (Å²) in [6, 6.07) is 6.78. The van der Waals surface area contributed by atoms with Crippen molar-refractivity contribution >= 4 is 23.5 Å². The molecule has 1 rings (SSSR count). The van der Waals surface area contributed by atoms with E-state index in [-0.39, 0.29) is 18.3 Å². The summed E-state index contributed by atoms with van der Waals surface area (Å²) in [5.41, 5.74) is 0.508. The summed E-state index contributed by atoms with van der Waals surface area (Å²) in [6.45, 7) is 3.97. The van der Waals surface area contributed by atoms with E-state index < -0.39 is 0 Å². The molecule has 0 bridgehead atoms. The number of esters is 1. The van der Waals surface area contributed by atoms with Crippen LogP contribution in [0.15, 0.2) is 24.3 Å². The fourth-order valence-electron chi connectivity index (χ4n) is 1.95. The molecule has 0 aliphatic heterocycles. The standard InChI is InChI=1S/C16H22ClNO4/c1-3-22-11-5-9-18(10-8-15(19)21-2)16(20)13-6-4-7-14(17)12-13/h4,6-7,12H,3,5,8-11H2,1-2H3. The van der Waals surface area contributed by atoms with Crippen LogP contribution in [0.4, 0.5) is 0 Å². The third-order valence-corrected chi connectivity index (χ3v) is 3.33. The quantitative estimate of drug-likeness (QED) is 0.517. The van der Waals surface area contributed by atoms with Gasteiger partial charge in [-0.2, -0.15) is 0 Å². The van der Waals surface area contributed by atoms with E-state index in [0.29, 0.717) is 43.3 Å². The van der Waals surface area contributed by atoms with Crippen LogP contribution in [0.2, 0.25) is 5.02 Å². The number of ether oxygens (including phenoxy) is 2. The number of hydrogen-bond acceptors (Lipinski definition) is 4. The molecule has 0 aliphatic rings. The fourth-order valence-corrected chi connectivity index (χ4v) is 2.14. The zero-order chi connectivity index (χ0) is 16.4. The van der Waals surface area contributed by atoms with E-state index in [0.717, 1.165) is 0 Å². The van der Waals surface area contributed by atoms with Crippen molar-refractivity contribution in [2.45, 2.75) is 19.8 Å². The molecule has 0 saturated heterocycles. The van der Waals surface area contributed by atoms with Crippen molar-refractivity contribution in [2.24, 2.45) is 0 Å². The van der Waals surface area contributed by atoms with Gasteiger partial charge in [0.1, 0.15) is 0 Å². The minimum atomic E-state index is -0.339. The monoisotopic (exact) mass is 327 g/mol. The number of hydrogen-bond donors (Lipinski definition) is 0. The summed E-state index contributed by atoms with van der Waals surface area (Å²) >= 11 is 5.92. The third-order valence-electron chi connectivity index (χ3n) is 3.09. The van der Waals surface area contributed by atoms with Crippen LogP contribution in [0.1, 0.15) is 30.1 Å². The van der Waals surface area contributed by atoms with Crippen molar-refractivity contribution in [3.8, 4) is 0 Å². The molecule has 122 valence electrons. The van der Waals surface area contributed by atoms with Crippen LogP contribution in [0.25, 0.3) is 0 Å². The molecular formula is C16H22ClNO4. The number of methoxy groups -OCH3 is 1. The SMILES string of the molecule is CCOCCCN(CCC(=O)OC)C(=O)c1cccc(Cl)c1. The van der Waals surface area contributed by atoms with Gasteiger partial charge in [-0.3, -0.25) is 9.59 Å². The van der Waals surface area contributed by atoms with E-state index in [4.69, 9.17) is 16.3 Å². The van der Waals surface area contributed by atoms with Crippen LogP contribution in [0, 0.1) is 0 Å². The predicted octanol–water partition coefficient (Wildman–Crippen LogP) is 2.77. The van der Waals surface area contributed by atoms with Crippen LogP contribution < -0.4 is 0 Å². The Balaban J connectivity index is 2.69. The molecule has 0 aromatic heterocycles. The topological polar surface area (TPSA) is 55.8 Å². The van der Waals surface area contributed by atoms with Gasteiger partial charge in [0.25, 0.3) is 5.91 Å². The van der Waals surface area contributed by atoms with Crippen molar-refractivity contribution in [1.82, 2.24) is 4.90 Å². The Morgan fingerprint density at radius 1 is 1.27 bits per heavy atom. The summed E-state index contributed by atoms with van der Waals surface area (Å²) in [4.78, 5) is 25.5. The number of amides is 1. The lowest BCUT2D eigenvalue weighted by Crippen LogP contribution is -2.34. The smallest absolute Gasteiger partial charge is 0.307 e. The van der Waals surface area contributed by atoms with Gasteiger partial charge in [-0.15, -0.1) is 0 Å². The van der Waals surface area contributed by atoms with Crippen LogP contribution in [-0.4, -0.2) is 50.2 Å². The van der Waals surface area contributed by atoms with E-state index in [9.17, 15) is 9.59 Å². The number of carbonyl (C=O) groups is 2. The van der Waals surface area contributed by atoms with Crippen LogP contribution in [0.5, 0.6) is 0 Å². The molecular weight excluding hydrogens is 306 g/mol. The summed E-state index contributed by atoms with van der Waals surface area (Å²) in [6.07, 6.45) is 0.874. The molecule has 1 amide bonds. The van der Waals surface area contributed by atoms with Crippen LogP contribution in [0.3, 0.4) is 0 Å². The van der Waals surface area contributed by atoms with Crippen molar-refractivity contribution in [2.75, 3.05) is 33.4 Å². The molecule has 0 atom stereocenters. The maximum atomic E-state index is 12.5. The third kappa shape index (κ3) is 6.45. The zero-order valence-electron chi connectivity index (χ0n) is 13.0. The molecule has 0 fully saturated rings. The van der Waals surface area contributed by atoms with E-state index in [1.54, 1.807) is 29.2 Å². The molecule has 1 aromatic carbocycles. The van der Waals surface area contributed by atoms with Crippen LogP contribution >= 0.6 is 11.6 Å². The highest BCUT2D eigenvalue weighted by Gasteiger charge is 2.17. The van der Waals surface area contributed by atoms with Gasteiger partial charge in [-0.05, 0) is 31.5 Å². The van der Waals surface area contributed by atoms with Gasteiger partial charge in [0, 0.05) is 36.9 Å². The highest BCUT2D eigenvalue weighted by Crippen LogP contribution is 2.13. The first-order valence-corrected chi connectivity index (χ1v) is 7.65. The second kappa shape index (κ2) is 10.2. The van der Waals surface area contributed by atoms with Crippen molar-refractivity contribution < 1.29 is 19.1 Å². The summed E-state index contributed by atoms with van der Waals surface area (Å²) in [5.74, 6) is -0.489. The average Bonchev–Trinajstić information content (AvgIpc) is 2.53. The fraction of sp³-hybridized carbons (Fsp3) is 0.500. The maximum Gasteiger partial charge on any atom is 0.307 e. The molecule has 0 saturated carbocycles. The molecule has 0 N–H and O–H groups in total. The minimum Gasteiger partial charge on any atom is -0.469 e. The second-order valence-corrected chi connectivity index (χ2v) is 5.12. The van der Waals surface area contributed by atoms with E-state index in [1.165, 1.54) is 7.11 Å². The van der Waals surface area contributed by atoms with E-state index >= 15 is 0 Å². The number of rotatable bonds is 9. The second-order valence-electron chi connectivity index (χ2n) is 4.68. The predicted molar refractivity (Wildman–Crippen MR) is 85.1 cm³/mol. The zero-order valence-corrected chi connectivity index (χ0v) is 13.8. The highest BCUT2D eigenvalue weighted by atomic mass is 35.5. The Morgan fingerprint density at radius 3 is 2.68 bits per heavy atom. The van der Waals surface area contributed by atoms with E-state index in [1.807, 2.05) is 6.92 Å². The summed E-state index contributed by atoms with van der Waals surface area (Å²) in [5, 5.41) is 0.507. The lowest BCUT2D eigenvalue weighted by molar-refractivity contribution is -0.140. The molecule has 22 heavy (non-hydrogen) atoms. The Hall–Kier alpha value is -1.59. The molecule has 0 heterocycles. The van der Waals surface area contributed by atoms with Crippen LogP contribution in [-0.2, 0) is 14.3 Å². The largest absolute Gasteiger partial charge is 0.469 e. The molecule has 0 aliphatic carbocycles. The average molecular weight is 328 g/mol. The number of benzene rings is 1. The Morgan fingerprint density at radius 2 is 2.05 bits per heavy atom. The minimum absolute atomic E-state index is 0.150. The molecule has 0 radical (unpaired) electrons. The van der Waals surface area contributed by atoms with E-state index in [2.05, 4.69) is 4.74 Å². The lowest BCUT2D eigenvalue weighted by Gasteiger charge is -2.22. The van der Waals surface area contributed by atoms with Crippen molar-refractivity contribution in [3.05, 3.63) is 34.9 Å². The molecule has 1 aromatic rings. The summed E-state index contributed by atoms with van der Waals surface area (Å²) in [7, 11) is 1.33. The number of nitrogens with zero attached hydrogens (tertiary/aromatic N) is 1. The van der Waals surface area contributed by atoms with Gasteiger partial charge < -0.3 is 14.4 Å². The lowest BCUT2D eigenvalue weighted by atomic mass is 10.2. The van der Waals surface area contributed by atoms with Crippen molar-refractivity contribution in [1.29, 1.82) is 0 Å². The Bertz CT molecular complexity index is 493.